The molecule has 0 N–H and O–H groups in total. The minimum atomic E-state index is 0.386. The zero-order chi connectivity index (χ0) is 20.1. The Morgan fingerprint density at radius 1 is 0.963 bits per heavy atom. The zero-order valence-corrected chi connectivity index (χ0v) is 19.3. The number of fused-ring (bicyclic) bond motifs is 1. The summed E-state index contributed by atoms with van der Waals surface area (Å²) in [7, 11) is 0. The van der Waals surface area contributed by atoms with Crippen LogP contribution in [-0.2, 0) is 6.42 Å². The maximum absolute atomic E-state index is 2.51. The Morgan fingerprint density at radius 3 is 2.19 bits per heavy atom. The largest absolute Gasteiger partial charge is 0.370 e. The first-order chi connectivity index (χ1) is 12.6. The van der Waals surface area contributed by atoms with Crippen molar-refractivity contribution in [3.63, 3.8) is 0 Å². The molecule has 1 aromatic rings. The van der Waals surface area contributed by atoms with E-state index in [9.17, 15) is 0 Å². The fourth-order valence-electron chi connectivity index (χ4n) is 4.42. The van der Waals surface area contributed by atoms with E-state index >= 15 is 0 Å². The number of nitrogens with zero attached hydrogens (tertiary/aromatic N) is 1. The van der Waals surface area contributed by atoms with Crippen LogP contribution in [0, 0.1) is 22.7 Å². The highest BCUT2D eigenvalue weighted by Crippen LogP contribution is 2.36. The lowest BCUT2D eigenvalue weighted by molar-refractivity contribution is 0.191. The Morgan fingerprint density at radius 2 is 1.59 bits per heavy atom. The molecule has 1 heteroatoms. The predicted octanol–water partition coefficient (Wildman–Crippen LogP) is 7.73. The summed E-state index contributed by atoms with van der Waals surface area (Å²) in [6, 6.07) is 8.77. The van der Waals surface area contributed by atoms with E-state index in [4.69, 9.17) is 0 Å². The third-order valence-electron chi connectivity index (χ3n) is 6.54. The first kappa shape index (κ1) is 22.3. The van der Waals surface area contributed by atoms with Gasteiger partial charge in [0.05, 0.1) is 0 Å². The Kier molecular flexibility index (Phi) is 7.83. The van der Waals surface area contributed by atoms with Crippen LogP contribution in [0.5, 0.6) is 0 Å². The monoisotopic (exact) mass is 371 g/mol. The minimum absolute atomic E-state index is 0.386. The first-order valence-corrected chi connectivity index (χ1v) is 11.4. The number of rotatable bonds is 3. The van der Waals surface area contributed by atoms with Gasteiger partial charge in [-0.1, -0.05) is 98.8 Å². The summed E-state index contributed by atoms with van der Waals surface area (Å²) in [6.07, 6.45) is 10.1. The summed E-state index contributed by atoms with van der Waals surface area (Å²) in [5, 5.41) is 0. The van der Waals surface area contributed by atoms with Crippen molar-refractivity contribution in [1.29, 1.82) is 0 Å². The van der Waals surface area contributed by atoms with Crippen molar-refractivity contribution in [2.24, 2.45) is 22.7 Å². The SMILES string of the molecule is CC(C)(C)CN1CCc2ccccc21.CC(CC1CCCCC1)C(C)(C)C. The second-order valence-corrected chi connectivity index (χ2v) is 11.4. The van der Waals surface area contributed by atoms with Crippen LogP contribution < -0.4 is 4.90 Å². The van der Waals surface area contributed by atoms with Crippen molar-refractivity contribution < 1.29 is 0 Å². The maximum atomic E-state index is 2.51. The highest BCUT2D eigenvalue weighted by molar-refractivity contribution is 5.57. The molecule has 1 atom stereocenters. The molecule has 1 heterocycles. The van der Waals surface area contributed by atoms with Gasteiger partial charge in [-0.3, -0.25) is 0 Å². The molecule has 1 aliphatic heterocycles. The molecule has 1 nitrogen and oxygen atoms in total. The van der Waals surface area contributed by atoms with E-state index in [0.29, 0.717) is 10.8 Å². The molecule has 1 saturated carbocycles. The van der Waals surface area contributed by atoms with Gasteiger partial charge in [0.2, 0.25) is 0 Å². The fourth-order valence-corrected chi connectivity index (χ4v) is 4.42. The van der Waals surface area contributed by atoms with Crippen LogP contribution in [0.2, 0.25) is 0 Å². The lowest BCUT2D eigenvalue weighted by Gasteiger charge is -2.32. The molecular weight excluding hydrogens is 326 g/mol. The minimum Gasteiger partial charge on any atom is -0.370 e. The summed E-state index contributed by atoms with van der Waals surface area (Å²) in [5.41, 5.74) is 3.86. The van der Waals surface area contributed by atoms with Crippen LogP contribution in [0.4, 0.5) is 5.69 Å². The molecular formula is C26H45N. The van der Waals surface area contributed by atoms with Crippen LogP contribution >= 0.6 is 0 Å². The summed E-state index contributed by atoms with van der Waals surface area (Å²) >= 11 is 0. The molecule has 0 amide bonds. The molecule has 0 saturated heterocycles. The van der Waals surface area contributed by atoms with Crippen molar-refractivity contribution in [3.8, 4) is 0 Å². The van der Waals surface area contributed by atoms with Gasteiger partial charge >= 0.3 is 0 Å². The molecule has 2 aliphatic rings. The Labute approximate surface area is 169 Å². The highest BCUT2D eigenvalue weighted by Gasteiger charge is 2.24. The fraction of sp³-hybridized carbons (Fsp3) is 0.769. The summed E-state index contributed by atoms with van der Waals surface area (Å²) in [6.45, 7) is 18.8. The summed E-state index contributed by atoms with van der Waals surface area (Å²) < 4.78 is 0. The standard InChI is InChI=1S/C13H19N.C13H26/c1-13(2,3)10-14-9-8-11-6-4-5-7-12(11)14;1-11(13(2,3)4)10-12-8-6-5-7-9-12/h4-7H,8-10H2,1-3H3;11-12H,5-10H2,1-4H3. The normalized spacial score (nSPS) is 19.3. The zero-order valence-electron chi connectivity index (χ0n) is 19.3. The van der Waals surface area contributed by atoms with E-state index < -0.39 is 0 Å². The lowest BCUT2D eigenvalue weighted by Crippen LogP contribution is -2.31. The number of hydrogen-bond donors (Lipinski definition) is 0. The highest BCUT2D eigenvalue weighted by atomic mass is 15.2. The van der Waals surface area contributed by atoms with Gasteiger partial charge in [0.1, 0.15) is 0 Å². The van der Waals surface area contributed by atoms with Gasteiger partial charge in [-0.15, -0.1) is 0 Å². The van der Waals surface area contributed by atoms with Gasteiger partial charge in [0, 0.05) is 18.8 Å². The van der Waals surface area contributed by atoms with E-state index in [0.717, 1.165) is 18.4 Å². The average Bonchev–Trinajstić information content (AvgIpc) is 2.97. The molecule has 0 radical (unpaired) electrons. The molecule has 1 unspecified atom stereocenters. The molecule has 3 rings (SSSR count). The number of hydrogen-bond acceptors (Lipinski definition) is 1. The van der Waals surface area contributed by atoms with Crippen molar-refractivity contribution >= 4 is 5.69 Å². The maximum Gasteiger partial charge on any atom is 0.0399 e. The van der Waals surface area contributed by atoms with Gasteiger partial charge in [-0.05, 0) is 47.1 Å². The van der Waals surface area contributed by atoms with E-state index in [1.54, 1.807) is 0 Å². The van der Waals surface area contributed by atoms with Crippen molar-refractivity contribution in [2.75, 3.05) is 18.0 Å². The van der Waals surface area contributed by atoms with E-state index in [1.165, 1.54) is 62.7 Å². The van der Waals surface area contributed by atoms with E-state index in [1.807, 2.05) is 0 Å². The van der Waals surface area contributed by atoms with Crippen molar-refractivity contribution in [1.82, 2.24) is 0 Å². The van der Waals surface area contributed by atoms with Crippen molar-refractivity contribution in [2.45, 2.75) is 93.4 Å². The molecule has 0 aromatic heterocycles. The summed E-state index contributed by atoms with van der Waals surface area (Å²) in [5.74, 6) is 1.93. The molecule has 1 aromatic carbocycles. The average molecular weight is 372 g/mol. The first-order valence-electron chi connectivity index (χ1n) is 11.4. The molecule has 0 bridgehead atoms. The van der Waals surface area contributed by atoms with Crippen LogP contribution in [0.3, 0.4) is 0 Å². The van der Waals surface area contributed by atoms with E-state index in [-0.39, 0.29) is 0 Å². The third kappa shape index (κ3) is 7.51. The van der Waals surface area contributed by atoms with Gasteiger partial charge in [-0.2, -0.15) is 0 Å². The Balaban J connectivity index is 0.000000194. The third-order valence-corrected chi connectivity index (χ3v) is 6.54. The van der Waals surface area contributed by atoms with Gasteiger partial charge in [0.25, 0.3) is 0 Å². The second-order valence-electron chi connectivity index (χ2n) is 11.4. The smallest absolute Gasteiger partial charge is 0.0399 e. The molecule has 1 fully saturated rings. The summed E-state index contributed by atoms with van der Waals surface area (Å²) in [4.78, 5) is 2.51. The van der Waals surface area contributed by atoms with E-state index in [2.05, 4.69) is 77.6 Å². The molecule has 154 valence electrons. The quantitative estimate of drug-likeness (QED) is 0.525. The van der Waals surface area contributed by atoms with Gasteiger partial charge in [0.15, 0.2) is 0 Å². The molecule has 27 heavy (non-hydrogen) atoms. The Bertz CT molecular complexity index is 554. The second kappa shape index (κ2) is 9.48. The number of anilines is 1. The Hall–Kier alpha value is -0.980. The number of para-hydroxylation sites is 1. The molecule has 1 aliphatic carbocycles. The van der Waals surface area contributed by atoms with Gasteiger partial charge in [-0.25, -0.2) is 0 Å². The lowest BCUT2D eigenvalue weighted by atomic mass is 9.74. The van der Waals surface area contributed by atoms with Gasteiger partial charge < -0.3 is 4.90 Å². The van der Waals surface area contributed by atoms with Crippen LogP contribution in [0.25, 0.3) is 0 Å². The topological polar surface area (TPSA) is 3.24 Å². The van der Waals surface area contributed by atoms with Crippen LogP contribution in [-0.4, -0.2) is 13.1 Å². The van der Waals surface area contributed by atoms with Crippen LogP contribution in [0.15, 0.2) is 24.3 Å². The van der Waals surface area contributed by atoms with Crippen molar-refractivity contribution in [3.05, 3.63) is 29.8 Å². The van der Waals surface area contributed by atoms with Crippen LogP contribution in [0.1, 0.15) is 92.6 Å². The number of benzene rings is 1. The molecule has 0 spiro atoms. The predicted molar refractivity (Wildman–Crippen MR) is 122 cm³/mol.